The molecule has 80 valence electrons. The SMILES string of the molecule is COC(=O)/C(=C/CCSC)NC(C)=O. The summed E-state index contributed by atoms with van der Waals surface area (Å²) in [7, 11) is 1.28. The second-order valence-electron chi connectivity index (χ2n) is 2.57. The summed E-state index contributed by atoms with van der Waals surface area (Å²) < 4.78 is 4.52. The highest BCUT2D eigenvalue weighted by atomic mass is 32.2. The van der Waals surface area contributed by atoms with Crippen LogP contribution in [0, 0.1) is 0 Å². The first-order chi connectivity index (χ1) is 6.61. The van der Waals surface area contributed by atoms with Gasteiger partial charge in [-0.1, -0.05) is 6.08 Å². The Morgan fingerprint density at radius 3 is 2.57 bits per heavy atom. The number of carbonyl (C=O) groups is 2. The number of hydrogen-bond donors (Lipinski definition) is 1. The number of ether oxygens (including phenoxy) is 1. The Morgan fingerprint density at radius 2 is 2.14 bits per heavy atom. The number of methoxy groups -OCH3 is 1. The number of amides is 1. The molecular weight excluding hydrogens is 202 g/mol. The molecule has 0 heterocycles. The highest BCUT2D eigenvalue weighted by molar-refractivity contribution is 7.98. The maximum absolute atomic E-state index is 11.1. The van der Waals surface area contributed by atoms with Gasteiger partial charge in [-0.15, -0.1) is 0 Å². The molecule has 0 aromatic heterocycles. The van der Waals surface area contributed by atoms with E-state index in [-0.39, 0.29) is 11.6 Å². The van der Waals surface area contributed by atoms with E-state index in [9.17, 15) is 9.59 Å². The van der Waals surface area contributed by atoms with Gasteiger partial charge in [0.25, 0.3) is 0 Å². The first-order valence-corrected chi connectivity index (χ1v) is 5.56. The lowest BCUT2D eigenvalue weighted by atomic mass is 10.3. The van der Waals surface area contributed by atoms with Crippen LogP contribution in [-0.4, -0.2) is 31.0 Å². The molecule has 0 rings (SSSR count). The molecule has 14 heavy (non-hydrogen) atoms. The third-order valence-electron chi connectivity index (χ3n) is 1.39. The van der Waals surface area contributed by atoms with Gasteiger partial charge < -0.3 is 10.1 Å². The number of thioether (sulfide) groups is 1. The maximum atomic E-state index is 11.1. The van der Waals surface area contributed by atoms with Gasteiger partial charge in [-0.25, -0.2) is 4.79 Å². The van der Waals surface area contributed by atoms with Gasteiger partial charge in [-0.05, 0) is 18.4 Å². The quantitative estimate of drug-likeness (QED) is 0.423. The van der Waals surface area contributed by atoms with Crippen LogP contribution in [0.25, 0.3) is 0 Å². The summed E-state index contributed by atoms with van der Waals surface area (Å²) in [6, 6.07) is 0. The van der Waals surface area contributed by atoms with Crippen LogP contribution in [0.15, 0.2) is 11.8 Å². The van der Waals surface area contributed by atoms with Crippen LogP contribution in [0.1, 0.15) is 13.3 Å². The van der Waals surface area contributed by atoms with E-state index >= 15 is 0 Å². The Labute approximate surface area is 88.1 Å². The maximum Gasteiger partial charge on any atom is 0.354 e. The number of allylic oxidation sites excluding steroid dienone is 1. The summed E-state index contributed by atoms with van der Waals surface area (Å²) >= 11 is 1.67. The first-order valence-electron chi connectivity index (χ1n) is 4.16. The fourth-order valence-corrected chi connectivity index (χ4v) is 1.16. The van der Waals surface area contributed by atoms with Crippen molar-refractivity contribution in [1.29, 1.82) is 0 Å². The Morgan fingerprint density at radius 1 is 1.50 bits per heavy atom. The van der Waals surface area contributed by atoms with Crippen LogP contribution in [0.4, 0.5) is 0 Å². The molecule has 0 aromatic rings. The van der Waals surface area contributed by atoms with Crippen LogP contribution in [0.3, 0.4) is 0 Å². The lowest BCUT2D eigenvalue weighted by molar-refractivity contribution is -0.137. The highest BCUT2D eigenvalue weighted by Gasteiger charge is 2.09. The van der Waals surface area contributed by atoms with E-state index in [4.69, 9.17) is 0 Å². The Bertz CT molecular complexity index is 238. The summed E-state index contributed by atoms with van der Waals surface area (Å²) in [5.41, 5.74) is 0.217. The average molecular weight is 217 g/mol. The van der Waals surface area contributed by atoms with E-state index in [2.05, 4.69) is 10.1 Å². The molecule has 0 saturated heterocycles. The minimum absolute atomic E-state index is 0.217. The minimum Gasteiger partial charge on any atom is -0.464 e. The fraction of sp³-hybridized carbons (Fsp3) is 0.556. The molecule has 0 aliphatic carbocycles. The third-order valence-corrected chi connectivity index (χ3v) is 2.03. The van der Waals surface area contributed by atoms with Crippen LogP contribution in [0.5, 0.6) is 0 Å². The molecule has 0 spiro atoms. The van der Waals surface area contributed by atoms with Crippen molar-refractivity contribution in [2.75, 3.05) is 19.1 Å². The Kier molecular flexibility index (Phi) is 6.92. The topological polar surface area (TPSA) is 55.4 Å². The van der Waals surface area contributed by atoms with E-state index < -0.39 is 5.97 Å². The van der Waals surface area contributed by atoms with Crippen molar-refractivity contribution in [1.82, 2.24) is 5.32 Å². The van der Waals surface area contributed by atoms with Crippen molar-refractivity contribution < 1.29 is 14.3 Å². The van der Waals surface area contributed by atoms with E-state index in [1.165, 1.54) is 14.0 Å². The summed E-state index contributed by atoms with van der Waals surface area (Å²) in [5.74, 6) is 0.118. The smallest absolute Gasteiger partial charge is 0.354 e. The molecule has 0 aromatic carbocycles. The zero-order valence-corrected chi connectivity index (χ0v) is 9.44. The third kappa shape index (κ3) is 5.64. The summed E-state index contributed by atoms with van der Waals surface area (Å²) in [4.78, 5) is 21.9. The molecule has 0 atom stereocenters. The fourth-order valence-electron chi connectivity index (χ4n) is 0.806. The molecule has 0 fully saturated rings. The number of hydrogen-bond acceptors (Lipinski definition) is 4. The molecule has 0 aliphatic heterocycles. The van der Waals surface area contributed by atoms with Crippen molar-refractivity contribution >= 4 is 23.6 Å². The molecule has 0 unspecified atom stereocenters. The van der Waals surface area contributed by atoms with E-state index in [1.807, 2.05) is 6.26 Å². The lowest BCUT2D eigenvalue weighted by Crippen LogP contribution is -2.25. The lowest BCUT2D eigenvalue weighted by Gasteiger charge is -2.05. The number of nitrogens with one attached hydrogen (secondary N) is 1. The van der Waals surface area contributed by atoms with Gasteiger partial charge in [0.05, 0.1) is 7.11 Å². The minimum atomic E-state index is -0.513. The van der Waals surface area contributed by atoms with Crippen molar-refractivity contribution in [3.05, 3.63) is 11.8 Å². The largest absolute Gasteiger partial charge is 0.464 e. The predicted molar refractivity (Wildman–Crippen MR) is 56.9 cm³/mol. The van der Waals surface area contributed by atoms with Crippen LogP contribution >= 0.6 is 11.8 Å². The standard InChI is InChI=1S/C9H15NO3S/c1-7(11)10-8(9(12)13-2)5-4-6-14-3/h5H,4,6H2,1-3H3,(H,10,11)/b8-5-. The molecule has 5 heteroatoms. The second kappa shape index (κ2) is 7.44. The molecule has 0 saturated carbocycles. The number of rotatable bonds is 5. The Hall–Kier alpha value is -0.970. The molecular formula is C9H15NO3S. The monoisotopic (exact) mass is 217 g/mol. The van der Waals surface area contributed by atoms with Gasteiger partial charge in [0, 0.05) is 6.92 Å². The highest BCUT2D eigenvalue weighted by Crippen LogP contribution is 2.01. The summed E-state index contributed by atoms with van der Waals surface area (Å²) in [6.45, 7) is 1.35. The van der Waals surface area contributed by atoms with Gasteiger partial charge in [-0.3, -0.25) is 4.79 Å². The van der Waals surface area contributed by atoms with Gasteiger partial charge in [0.15, 0.2) is 0 Å². The zero-order chi connectivity index (χ0) is 11.0. The summed E-state index contributed by atoms with van der Waals surface area (Å²) in [5, 5.41) is 2.43. The normalized spacial score (nSPS) is 10.9. The van der Waals surface area contributed by atoms with Crippen LogP contribution in [0.2, 0.25) is 0 Å². The Balaban J connectivity index is 4.30. The average Bonchev–Trinajstić information content (AvgIpc) is 2.15. The van der Waals surface area contributed by atoms with Gasteiger partial charge in [-0.2, -0.15) is 11.8 Å². The molecule has 0 bridgehead atoms. The van der Waals surface area contributed by atoms with Gasteiger partial charge in [0.2, 0.25) is 5.91 Å². The van der Waals surface area contributed by atoms with Crippen molar-refractivity contribution in [2.45, 2.75) is 13.3 Å². The molecule has 4 nitrogen and oxygen atoms in total. The number of carbonyl (C=O) groups excluding carboxylic acids is 2. The molecule has 0 aliphatic rings. The number of esters is 1. The van der Waals surface area contributed by atoms with Crippen molar-refractivity contribution in [3.63, 3.8) is 0 Å². The second-order valence-corrected chi connectivity index (χ2v) is 3.56. The molecule has 1 amide bonds. The zero-order valence-electron chi connectivity index (χ0n) is 8.62. The van der Waals surface area contributed by atoms with Gasteiger partial charge in [0.1, 0.15) is 5.70 Å². The molecule has 1 N–H and O–H groups in total. The van der Waals surface area contributed by atoms with Crippen LogP contribution < -0.4 is 5.32 Å². The summed E-state index contributed by atoms with van der Waals surface area (Å²) in [6.07, 6.45) is 4.37. The van der Waals surface area contributed by atoms with Crippen molar-refractivity contribution in [3.8, 4) is 0 Å². The van der Waals surface area contributed by atoms with E-state index in [0.717, 1.165) is 12.2 Å². The molecule has 0 radical (unpaired) electrons. The first kappa shape index (κ1) is 13.0. The van der Waals surface area contributed by atoms with E-state index in [1.54, 1.807) is 17.8 Å². The van der Waals surface area contributed by atoms with Crippen molar-refractivity contribution in [2.24, 2.45) is 0 Å². The van der Waals surface area contributed by atoms with Crippen LogP contribution in [-0.2, 0) is 14.3 Å². The predicted octanol–water partition coefficient (Wildman–Crippen LogP) is 0.932. The van der Waals surface area contributed by atoms with E-state index in [0.29, 0.717) is 0 Å². The van der Waals surface area contributed by atoms with Gasteiger partial charge >= 0.3 is 5.97 Å².